The van der Waals surface area contributed by atoms with Gasteiger partial charge in [-0.25, -0.2) is 0 Å². The van der Waals surface area contributed by atoms with E-state index in [1.165, 1.54) is 0 Å². The molecule has 2 aromatic carbocycles. The van der Waals surface area contributed by atoms with Crippen LogP contribution in [0.25, 0.3) is 0 Å². The SMILES string of the molecule is CCC(C(=O)N1CCC(NC(=O)CCNC(=O)Cc2ccccc2)CC1)c1ccccc1. The number of benzene rings is 2. The van der Waals surface area contributed by atoms with Gasteiger partial charge in [-0.1, -0.05) is 67.6 Å². The van der Waals surface area contributed by atoms with Crippen LogP contribution in [-0.4, -0.2) is 48.3 Å². The largest absolute Gasteiger partial charge is 0.355 e. The molecule has 0 aromatic heterocycles. The third kappa shape index (κ3) is 6.94. The Kier molecular flexibility index (Phi) is 8.84. The maximum absolute atomic E-state index is 13.0. The van der Waals surface area contributed by atoms with Crippen molar-refractivity contribution < 1.29 is 14.4 Å². The number of amides is 3. The number of rotatable bonds is 9. The van der Waals surface area contributed by atoms with Gasteiger partial charge in [-0.15, -0.1) is 0 Å². The first kappa shape index (κ1) is 23.5. The molecular weight excluding hydrogens is 402 g/mol. The lowest BCUT2D eigenvalue weighted by Crippen LogP contribution is -2.48. The fourth-order valence-corrected chi connectivity index (χ4v) is 4.16. The van der Waals surface area contributed by atoms with E-state index in [1.54, 1.807) is 0 Å². The summed E-state index contributed by atoms with van der Waals surface area (Å²) in [5.41, 5.74) is 2.01. The number of nitrogens with zero attached hydrogens (tertiary/aromatic N) is 1. The Morgan fingerprint density at radius 1 is 0.938 bits per heavy atom. The Balaban J connectivity index is 1.35. The molecule has 1 heterocycles. The molecule has 6 heteroatoms. The zero-order chi connectivity index (χ0) is 22.8. The predicted molar refractivity (Wildman–Crippen MR) is 125 cm³/mol. The minimum atomic E-state index is -0.109. The first-order chi connectivity index (χ1) is 15.6. The molecule has 1 unspecified atom stereocenters. The highest BCUT2D eigenvalue weighted by atomic mass is 16.2. The van der Waals surface area contributed by atoms with Crippen LogP contribution in [-0.2, 0) is 20.8 Å². The van der Waals surface area contributed by atoms with Crippen molar-refractivity contribution in [2.24, 2.45) is 0 Å². The van der Waals surface area contributed by atoms with E-state index in [1.807, 2.05) is 72.5 Å². The Morgan fingerprint density at radius 2 is 1.56 bits per heavy atom. The number of carbonyl (C=O) groups excluding carboxylic acids is 3. The predicted octanol–water partition coefficient (Wildman–Crippen LogP) is 3.04. The molecule has 0 saturated carbocycles. The molecule has 0 spiro atoms. The van der Waals surface area contributed by atoms with E-state index >= 15 is 0 Å². The average Bonchev–Trinajstić information content (AvgIpc) is 2.81. The van der Waals surface area contributed by atoms with Crippen LogP contribution >= 0.6 is 0 Å². The summed E-state index contributed by atoms with van der Waals surface area (Å²) in [5, 5.41) is 5.85. The average molecular weight is 436 g/mol. The van der Waals surface area contributed by atoms with Crippen molar-refractivity contribution in [2.45, 2.75) is 51.0 Å². The molecule has 3 rings (SSSR count). The van der Waals surface area contributed by atoms with Crippen LogP contribution in [0.4, 0.5) is 0 Å². The smallest absolute Gasteiger partial charge is 0.230 e. The Morgan fingerprint density at radius 3 is 2.19 bits per heavy atom. The van der Waals surface area contributed by atoms with Crippen LogP contribution in [0.3, 0.4) is 0 Å². The van der Waals surface area contributed by atoms with E-state index in [9.17, 15) is 14.4 Å². The van der Waals surface area contributed by atoms with Crippen LogP contribution in [0.15, 0.2) is 60.7 Å². The lowest BCUT2D eigenvalue weighted by atomic mass is 9.93. The number of carbonyl (C=O) groups is 3. The van der Waals surface area contributed by atoms with Gasteiger partial charge in [0.2, 0.25) is 17.7 Å². The van der Waals surface area contributed by atoms with Crippen LogP contribution < -0.4 is 10.6 Å². The van der Waals surface area contributed by atoms with E-state index in [-0.39, 0.29) is 36.1 Å². The third-order valence-electron chi connectivity index (χ3n) is 5.96. The van der Waals surface area contributed by atoms with Crippen molar-refractivity contribution in [3.05, 3.63) is 71.8 Å². The molecule has 0 aliphatic carbocycles. The molecule has 170 valence electrons. The molecular formula is C26H33N3O3. The van der Waals surface area contributed by atoms with Crippen molar-refractivity contribution >= 4 is 17.7 Å². The minimum absolute atomic E-state index is 0.0643. The van der Waals surface area contributed by atoms with E-state index in [2.05, 4.69) is 10.6 Å². The fourth-order valence-electron chi connectivity index (χ4n) is 4.16. The first-order valence-corrected chi connectivity index (χ1v) is 11.5. The lowest BCUT2D eigenvalue weighted by Gasteiger charge is -2.34. The molecule has 0 radical (unpaired) electrons. The summed E-state index contributed by atoms with van der Waals surface area (Å²) in [4.78, 5) is 39.2. The second-order valence-electron chi connectivity index (χ2n) is 8.30. The van der Waals surface area contributed by atoms with Gasteiger partial charge >= 0.3 is 0 Å². The van der Waals surface area contributed by atoms with Crippen LogP contribution in [0.5, 0.6) is 0 Å². The second kappa shape index (κ2) is 12.0. The maximum atomic E-state index is 13.0. The monoisotopic (exact) mass is 435 g/mol. The normalized spacial score (nSPS) is 15.1. The Bertz CT molecular complexity index is 878. The number of hydrogen-bond acceptors (Lipinski definition) is 3. The fraction of sp³-hybridized carbons (Fsp3) is 0.423. The summed E-state index contributed by atoms with van der Waals surface area (Å²) in [7, 11) is 0. The molecule has 2 N–H and O–H groups in total. The van der Waals surface area contributed by atoms with Gasteiger partial charge in [0, 0.05) is 32.1 Å². The molecule has 1 fully saturated rings. The number of likely N-dealkylation sites (tertiary alicyclic amines) is 1. The molecule has 2 aromatic rings. The van der Waals surface area contributed by atoms with Crippen molar-refractivity contribution in [2.75, 3.05) is 19.6 Å². The zero-order valence-corrected chi connectivity index (χ0v) is 18.8. The topological polar surface area (TPSA) is 78.5 Å². The molecule has 0 bridgehead atoms. The van der Waals surface area contributed by atoms with Gasteiger partial charge in [-0.05, 0) is 30.4 Å². The van der Waals surface area contributed by atoms with Gasteiger partial charge in [-0.2, -0.15) is 0 Å². The van der Waals surface area contributed by atoms with Crippen LogP contribution in [0, 0.1) is 0 Å². The van der Waals surface area contributed by atoms with Gasteiger partial charge in [0.25, 0.3) is 0 Å². The van der Waals surface area contributed by atoms with Crippen molar-refractivity contribution in [1.29, 1.82) is 0 Å². The Labute approximate surface area is 190 Å². The highest BCUT2D eigenvalue weighted by Gasteiger charge is 2.28. The van der Waals surface area contributed by atoms with Gasteiger partial charge in [0.05, 0.1) is 12.3 Å². The summed E-state index contributed by atoms with van der Waals surface area (Å²) >= 11 is 0. The molecule has 1 atom stereocenters. The number of nitrogens with one attached hydrogen (secondary N) is 2. The molecule has 32 heavy (non-hydrogen) atoms. The summed E-state index contributed by atoms with van der Waals surface area (Å²) in [6, 6.07) is 19.5. The molecule has 1 aliphatic rings. The summed E-state index contributed by atoms with van der Waals surface area (Å²) in [6.07, 6.45) is 2.85. The molecule has 1 aliphatic heterocycles. The van der Waals surface area contributed by atoms with E-state index < -0.39 is 0 Å². The quantitative estimate of drug-likeness (QED) is 0.636. The van der Waals surface area contributed by atoms with Gasteiger partial charge < -0.3 is 15.5 Å². The zero-order valence-electron chi connectivity index (χ0n) is 18.8. The highest BCUT2D eigenvalue weighted by molar-refractivity contribution is 5.84. The Hall–Kier alpha value is -3.15. The second-order valence-corrected chi connectivity index (χ2v) is 8.30. The van der Waals surface area contributed by atoms with E-state index in [0.717, 1.165) is 30.4 Å². The minimum Gasteiger partial charge on any atom is -0.355 e. The van der Waals surface area contributed by atoms with Gasteiger partial charge in [-0.3, -0.25) is 14.4 Å². The van der Waals surface area contributed by atoms with Gasteiger partial charge in [0.1, 0.15) is 0 Å². The lowest BCUT2D eigenvalue weighted by molar-refractivity contribution is -0.134. The number of hydrogen-bond donors (Lipinski definition) is 2. The van der Waals surface area contributed by atoms with E-state index in [0.29, 0.717) is 26.1 Å². The summed E-state index contributed by atoms with van der Waals surface area (Å²) < 4.78 is 0. The maximum Gasteiger partial charge on any atom is 0.230 e. The molecule has 6 nitrogen and oxygen atoms in total. The summed E-state index contributed by atoms with van der Waals surface area (Å²) in [5.74, 6) is -0.0864. The van der Waals surface area contributed by atoms with E-state index in [4.69, 9.17) is 0 Å². The van der Waals surface area contributed by atoms with Crippen molar-refractivity contribution in [3.63, 3.8) is 0 Å². The third-order valence-corrected chi connectivity index (χ3v) is 5.96. The molecule has 3 amide bonds. The molecule has 1 saturated heterocycles. The van der Waals surface area contributed by atoms with Crippen LogP contribution in [0.1, 0.15) is 49.7 Å². The summed E-state index contributed by atoms with van der Waals surface area (Å²) in [6.45, 7) is 3.67. The van der Waals surface area contributed by atoms with Crippen LogP contribution in [0.2, 0.25) is 0 Å². The van der Waals surface area contributed by atoms with Crippen molar-refractivity contribution in [1.82, 2.24) is 15.5 Å². The highest BCUT2D eigenvalue weighted by Crippen LogP contribution is 2.24. The number of piperidine rings is 1. The van der Waals surface area contributed by atoms with Gasteiger partial charge in [0.15, 0.2) is 0 Å². The standard InChI is InChI=1S/C26H33N3O3/c1-2-23(21-11-7-4-8-12-21)26(32)29-17-14-22(15-18-29)28-24(30)13-16-27-25(31)19-20-9-5-3-6-10-20/h3-12,22-23H,2,13-19H2,1H3,(H,27,31)(H,28,30). The van der Waals surface area contributed by atoms with Crippen molar-refractivity contribution in [3.8, 4) is 0 Å². The first-order valence-electron chi connectivity index (χ1n) is 11.5.